The van der Waals surface area contributed by atoms with Crippen LogP contribution in [-0.2, 0) is 12.1 Å². The predicted octanol–water partition coefficient (Wildman–Crippen LogP) is 4.49. The average Bonchev–Trinajstić information content (AvgIpc) is 3.19. The normalized spacial score (nSPS) is 15.2. The van der Waals surface area contributed by atoms with E-state index in [1.807, 2.05) is 19.1 Å². The maximum Gasteiger partial charge on any atom is 0.269 e. The van der Waals surface area contributed by atoms with Crippen LogP contribution in [0.5, 0.6) is 5.75 Å². The van der Waals surface area contributed by atoms with E-state index in [1.54, 1.807) is 12.1 Å². The van der Waals surface area contributed by atoms with Crippen LogP contribution in [0.1, 0.15) is 35.8 Å². The number of nitrogens with two attached hydrogens (primary N) is 1. The molecule has 6 nitrogen and oxygen atoms in total. The Hall–Kier alpha value is -1.67. The summed E-state index contributed by atoms with van der Waals surface area (Å²) in [5.74, 6) is 1.80. The highest BCUT2D eigenvalue weighted by Crippen LogP contribution is 2.38. The van der Waals surface area contributed by atoms with Gasteiger partial charge in [0, 0.05) is 5.02 Å². The summed E-state index contributed by atoms with van der Waals surface area (Å²) < 4.78 is 11.2. The Morgan fingerprint density at radius 2 is 2.00 bits per heavy atom. The summed E-state index contributed by atoms with van der Waals surface area (Å²) in [4.78, 5) is 9.88. The van der Waals surface area contributed by atoms with Crippen LogP contribution in [0.4, 0.5) is 0 Å². The molecule has 2 N–H and O–H groups in total. The molecule has 138 valence electrons. The van der Waals surface area contributed by atoms with E-state index in [0.29, 0.717) is 23.3 Å². The molecule has 1 saturated carbocycles. The van der Waals surface area contributed by atoms with Crippen molar-refractivity contribution in [2.75, 3.05) is 0 Å². The maximum atomic E-state index is 6.25. The molecule has 0 aliphatic heterocycles. The van der Waals surface area contributed by atoms with Gasteiger partial charge in [0.15, 0.2) is 5.82 Å². The highest BCUT2D eigenvalue weighted by Gasteiger charge is 2.39. The van der Waals surface area contributed by atoms with E-state index in [0.717, 1.165) is 40.6 Å². The van der Waals surface area contributed by atoms with Crippen molar-refractivity contribution in [3.8, 4) is 16.5 Å². The van der Waals surface area contributed by atoms with E-state index in [2.05, 4.69) is 15.1 Å². The fourth-order valence-corrected chi connectivity index (χ4v) is 3.71. The van der Waals surface area contributed by atoms with Crippen LogP contribution in [0.3, 0.4) is 0 Å². The topological polar surface area (TPSA) is 87.1 Å². The van der Waals surface area contributed by atoms with Gasteiger partial charge in [0.1, 0.15) is 22.2 Å². The Bertz CT molecular complexity index is 891. The number of hydrogen-bond acceptors (Lipinski definition) is 7. The molecule has 2 heterocycles. The molecule has 0 atom stereocenters. The summed E-state index contributed by atoms with van der Waals surface area (Å²) in [6.07, 6.45) is 2.90. The van der Waals surface area contributed by atoms with Crippen LogP contribution in [-0.4, -0.2) is 15.1 Å². The summed E-state index contributed by atoms with van der Waals surface area (Å²) in [5, 5.41) is 5.58. The molecular weight excluding hydrogens is 395 g/mol. The van der Waals surface area contributed by atoms with Crippen LogP contribution in [0.2, 0.25) is 5.02 Å². The zero-order valence-corrected chi connectivity index (χ0v) is 16.5. The molecule has 1 aromatic carbocycles. The number of aryl methyl sites for hydroxylation is 1. The van der Waals surface area contributed by atoms with Crippen LogP contribution in [0.15, 0.2) is 28.8 Å². The molecule has 0 spiro atoms. The minimum absolute atomic E-state index is 0. The number of hydrogen-bond donors (Lipinski definition) is 1. The van der Waals surface area contributed by atoms with E-state index in [-0.39, 0.29) is 12.4 Å². The van der Waals surface area contributed by atoms with Crippen molar-refractivity contribution in [1.29, 1.82) is 0 Å². The molecule has 0 bridgehead atoms. The Balaban J connectivity index is 0.00000196. The van der Waals surface area contributed by atoms with Crippen molar-refractivity contribution in [2.24, 2.45) is 5.73 Å². The SMILES string of the molecule is Cc1nc(COc2ccc(Cl)cc2)sc1-c1nc(C2(N)CCC2)no1.Cl. The zero-order valence-electron chi connectivity index (χ0n) is 14.1. The Labute approximate surface area is 166 Å². The minimum atomic E-state index is -0.430. The summed E-state index contributed by atoms with van der Waals surface area (Å²) in [7, 11) is 0. The van der Waals surface area contributed by atoms with Gasteiger partial charge in [-0.05, 0) is 50.5 Å². The lowest BCUT2D eigenvalue weighted by Crippen LogP contribution is -2.44. The molecule has 0 amide bonds. The van der Waals surface area contributed by atoms with Crippen molar-refractivity contribution >= 4 is 35.3 Å². The van der Waals surface area contributed by atoms with Crippen LogP contribution < -0.4 is 10.5 Å². The number of halogens is 2. The molecule has 26 heavy (non-hydrogen) atoms. The van der Waals surface area contributed by atoms with Gasteiger partial charge >= 0.3 is 0 Å². The van der Waals surface area contributed by atoms with Crippen molar-refractivity contribution < 1.29 is 9.26 Å². The smallest absolute Gasteiger partial charge is 0.269 e. The molecule has 4 rings (SSSR count). The highest BCUT2D eigenvalue weighted by molar-refractivity contribution is 7.15. The van der Waals surface area contributed by atoms with Crippen molar-refractivity contribution in [3.63, 3.8) is 0 Å². The fourth-order valence-electron chi connectivity index (χ4n) is 2.69. The first-order valence-corrected chi connectivity index (χ1v) is 9.21. The van der Waals surface area contributed by atoms with E-state index in [4.69, 9.17) is 26.6 Å². The first-order chi connectivity index (χ1) is 12.0. The van der Waals surface area contributed by atoms with Crippen molar-refractivity contribution in [1.82, 2.24) is 15.1 Å². The van der Waals surface area contributed by atoms with Gasteiger partial charge in [0.05, 0.1) is 11.2 Å². The predicted molar refractivity (Wildman–Crippen MR) is 103 cm³/mol. The van der Waals surface area contributed by atoms with Gasteiger partial charge in [-0.2, -0.15) is 4.98 Å². The molecule has 9 heteroatoms. The standard InChI is InChI=1S/C17H17ClN4O2S.ClH/c1-10-14(15-21-16(22-24-15)17(19)7-2-8-17)25-13(20-10)9-23-12-5-3-11(18)4-6-12;/h3-6H,2,7-9,19H2,1H3;1H. The van der Waals surface area contributed by atoms with E-state index in [9.17, 15) is 0 Å². The van der Waals surface area contributed by atoms with E-state index >= 15 is 0 Å². The molecular formula is C17H18Cl2N4O2S. The molecule has 0 saturated heterocycles. The number of rotatable bonds is 5. The fraction of sp³-hybridized carbons (Fsp3) is 0.353. The van der Waals surface area contributed by atoms with Crippen LogP contribution >= 0.6 is 35.3 Å². The molecule has 3 aromatic rings. The molecule has 0 unspecified atom stereocenters. The first kappa shape index (κ1) is 19.1. The summed E-state index contributed by atoms with van der Waals surface area (Å²) in [6.45, 7) is 2.29. The monoisotopic (exact) mass is 412 g/mol. The lowest BCUT2D eigenvalue weighted by molar-refractivity contribution is 0.229. The van der Waals surface area contributed by atoms with Gasteiger partial charge in [0.2, 0.25) is 0 Å². The van der Waals surface area contributed by atoms with E-state index in [1.165, 1.54) is 11.3 Å². The largest absolute Gasteiger partial charge is 0.486 e. The molecule has 0 radical (unpaired) electrons. The Kier molecular flexibility index (Phi) is 5.53. The summed E-state index contributed by atoms with van der Waals surface area (Å²) >= 11 is 7.36. The highest BCUT2D eigenvalue weighted by atomic mass is 35.5. The quantitative estimate of drug-likeness (QED) is 0.663. The molecule has 1 aliphatic rings. The second-order valence-corrected chi connectivity index (χ2v) is 7.72. The van der Waals surface area contributed by atoms with Gasteiger partial charge in [0.25, 0.3) is 5.89 Å². The number of ether oxygens (including phenoxy) is 1. The number of nitrogens with zero attached hydrogens (tertiary/aromatic N) is 3. The molecule has 2 aromatic heterocycles. The van der Waals surface area contributed by atoms with E-state index < -0.39 is 5.54 Å². The van der Waals surface area contributed by atoms with Crippen molar-refractivity contribution in [2.45, 2.75) is 38.3 Å². The second kappa shape index (κ2) is 7.52. The summed E-state index contributed by atoms with van der Waals surface area (Å²) in [6, 6.07) is 7.23. The lowest BCUT2D eigenvalue weighted by Gasteiger charge is -2.34. The van der Waals surface area contributed by atoms with Gasteiger partial charge in [-0.25, -0.2) is 4.98 Å². The Morgan fingerprint density at radius 1 is 1.27 bits per heavy atom. The maximum absolute atomic E-state index is 6.25. The van der Waals surface area contributed by atoms with Gasteiger partial charge < -0.3 is 15.0 Å². The van der Waals surface area contributed by atoms with Crippen molar-refractivity contribution in [3.05, 3.63) is 45.8 Å². The minimum Gasteiger partial charge on any atom is -0.486 e. The molecule has 1 aliphatic carbocycles. The van der Waals surface area contributed by atoms with Crippen LogP contribution in [0.25, 0.3) is 10.8 Å². The molecule has 1 fully saturated rings. The number of thiazole rings is 1. The Morgan fingerprint density at radius 3 is 2.65 bits per heavy atom. The van der Waals surface area contributed by atoms with Gasteiger partial charge in [-0.1, -0.05) is 16.8 Å². The number of aromatic nitrogens is 3. The average molecular weight is 413 g/mol. The third-order valence-electron chi connectivity index (χ3n) is 4.33. The first-order valence-electron chi connectivity index (χ1n) is 8.02. The zero-order chi connectivity index (χ0) is 17.4. The third-order valence-corrected chi connectivity index (χ3v) is 5.70. The van der Waals surface area contributed by atoms with Crippen LogP contribution in [0, 0.1) is 6.92 Å². The second-order valence-electron chi connectivity index (χ2n) is 6.20. The number of benzene rings is 1. The summed E-state index contributed by atoms with van der Waals surface area (Å²) in [5.41, 5.74) is 6.67. The third kappa shape index (κ3) is 3.71. The van der Waals surface area contributed by atoms with Gasteiger partial charge in [-0.15, -0.1) is 23.7 Å². The lowest BCUT2D eigenvalue weighted by atomic mass is 9.77. The van der Waals surface area contributed by atoms with Gasteiger partial charge in [-0.3, -0.25) is 0 Å².